The fraction of sp³-hybridized carbons (Fsp3) is 0.682. The monoisotopic (exact) mass is 502 g/mol. The average molecular weight is 502 g/mol. The van der Waals surface area contributed by atoms with Crippen LogP contribution in [0.2, 0.25) is 0 Å². The average Bonchev–Trinajstić information content (AvgIpc) is 2.64. The third-order valence-corrected chi connectivity index (χ3v) is 4.98. The largest absolute Gasteiger partial charge is 0.496 e. The van der Waals surface area contributed by atoms with E-state index >= 15 is 0 Å². The van der Waals surface area contributed by atoms with Crippen molar-refractivity contribution in [1.29, 1.82) is 0 Å². The summed E-state index contributed by atoms with van der Waals surface area (Å²) >= 11 is 0. The van der Waals surface area contributed by atoms with E-state index in [4.69, 9.17) is 9.73 Å². The lowest BCUT2D eigenvalue weighted by molar-refractivity contribution is 0.159. The van der Waals surface area contributed by atoms with E-state index in [9.17, 15) is 0 Å². The van der Waals surface area contributed by atoms with Crippen LogP contribution in [0.5, 0.6) is 5.75 Å². The number of ether oxygens (including phenoxy) is 1. The summed E-state index contributed by atoms with van der Waals surface area (Å²) in [5.74, 6) is 3.22. The molecule has 5 nitrogen and oxygen atoms in total. The first kappa shape index (κ1) is 25.0. The van der Waals surface area contributed by atoms with Crippen LogP contribution < -0.4 is 15.4 Å². The maximum atomic E-state index is 5.50. The van der Waals surface area contributed by atoms with E-state index in [-0.39, 0.29) is 24.0 Å². The lowest BCUT2D eigenvalue weighted by Crippen LogP contribution is -2.45. The minimum atomic E-state index is 0. The van der Waals surface area contributed by atoms with E-state index in [0.717, 1.165) is 36.3 Å². The summed E-state index contributed by atoms with van der Waals surface area (Å²) in [6.07, 6.45) is 2.60. The molecular formula is C22H39IN4O. The normalized spacial score (nSPS) is 17.9. The van der Waals surface area contributed by atoms with Gasteiger partial charge in [0.15, 0.2) is 5.96 Å². The summed E-state index contributed by atoms with van der Waals surface area (Å²) < 4.78 is 5.50. The molecule has 1 fully saturated rings. The van der Waals surface area contributed by atoms with Crippen LogP contribution in [0.25, 0.3) is 0 Å². The number of methoxy groups -OCH3 is 1. The van der Waals surface area contributed by atoms with Gasteiger partial charge in [-0.3, -0.25) is 0 Å². The number of nitrogens with one attached hydrogen (secondary N) is 2. The van der Waals surface area contributed by atoms with Crippen LogP contribution in [0, 0.1) is 18.8 Å². The number of aryl methyl sites for hydroxylation is 1. The van der Waals surface area contributed by atoms with Crippen LogP contribution >= 0.6 is 24.0 Å². The van der Waals surface area contributed by atoms with Gasteiger partial charge >= 0.3 is 0 Å². The molecule has 6 heteroatoms. The van der Waals surface area contributed by atoms with Crippen LogP contribution in [0.15, 0.2) is 23.2 Å². The molecule has 160 valence electrons. The highest BCUT2D eigenvalue weighted by Crippen LogP contribution is 2.21. The summed E-state index contributed by atoms with van der Waals surface area (Å²) in [5.41, 5.74) is 2.31. The number of hydrogen-bond donors (Lipinski definition) is 2. The molecule has 1 heterocycles. The van der Waals surface area contributed by atoms with Gasteiger partial charge in [-0.05, 0) is 56.7 Å². The molecule has 0 bridgehead atoms. The van der Waals surface area contributed by atoms with E-state index in [2.05, 4.69) is 61.4 Å². The Bertz CT molecular complexity index is 606. The molecule has 1 unspecified atom stereocenters. The number of likely N-dealkylation sites (tertiary alicyclic amines) is 1. The lowest BCUT2D eigenvalue weighted by Gasteiger charge is -2.34. The third kappa shape index (κ3) is 8.55. The molecule has 0 aromatic heterocycles. The van der Waals surface area contributed by atoms with E-state index < -0.39 is 0 Å². The van der Waals surface area contributed by atoms with Gasteiger partial charge in [0.2, 0.25) is 0 Å². The zero-order valence-electron chi connectivity index (χ0n) is 18.3. The topological polar surface area (TPSA) is 48.9 Å². The Balaban J connectivity index is 0.00000392. The summed E-state index contributed by atoms with van der Waals surface area (Å²) in [6.45, 7) is 14.9. The molecule has 0 spiro atoms. The number of nitrogens with zero attached hydrogens (tertiary/aromatic N) is 2. The molecular weight excluding hydrogens is 463 g/mol. The Morgan fingerprint density at radius 3 is 2.79 bits per heavy atom. The lowest BCUT2D eigenvalue weighted by atomic mass is 9.97. The van der Waals surface area contributed by atoms with Gasteiger partial charge in [0.05, 0.1) is 13.7 Å². The number of halogens is 1. The molecule has 0 aliphatic carbocycles. The molecule has 0 saturated carbocycles. The van der Waals surface area contributed by atoms with Gasteiger partial charge in [0.1, 0.15) is 5.75 Å². The van der Waals surface area contributed by atoms with Crippen molar-refractivity contribution in [2.75, 3.05) is 39.8 Å². The van der Waals surface area contributed by atoms with Gasteiger partial charge in [0.25, 0.3) is 0 Å². The molecule has 1 atom stereocenters. The van der Waals surface area contributed by atoms with Crippen LogP contribution in [-0.4, -0.2) is 50.7 Å². The Morgan fingerprint density at radius 2 is 2.11 bits per heavy atom. The minimum absolute atomic E-state index is 0. The molecule has 0 amide bonds. The molecule has 1 aromatic carbocycles. The van der Waals surface area contributed by atoms with Gasteiger partial charge < -0.3 is 20.3 Å². The van der Waals surface area contributed by atoms with Crippen LogP contribution in [-0.2, 0) is 6.54 Å². The zero-order valence-corrected chi connectivity index (χ0v) is 20.6. The van der Waals surface area contributed by atoms with Crippen molar-refractivity contribution < 1.29 is 4.74 Å². The molecule has 2 N–H and O–H groups in total. The fourth-order valence-corrected chi connectivity index (χ4v) is 3.73. The highest BCUT2D eigenvalue weighted by Gasteiger charge is 2.20. The van der Waals surface area contributed by atoms with Gasteiger partial charge in [-0.2, -0.15) is 0 Å². The maximum absolute atomic E-state index is 5.50. The first-order chi connectivity index (χ1) is 13.0. The predicted octanol–water partition coefficient (Wildman–Crippen LogP) is 4.04. The van der Waals surface area contributed by atoms with Gasteiger partial charge in [-0.15, -0.1) is 24.0 Å². The van der Waals surface area contributed by atoms with Crippen molar-refractivity contribution >= 4 is 29.9 Å². The summed E-state index contributed by atoms with van der Waals surface area (Å²) in [7, 11) is 1.72. The van der Waals surface area contributed by atoms with Gasteiger partial charge in [0, 0.05) is 31.7 Å². The van der Waals surface area contributed by atoms with Crippen LogP contribution in [0.3, 0.4) is 0 Å². The summed E-state index contributed by atoms with van der Waals surface area (Å²) in [4.78, 5) is 7.39. The van der Waals surface area contributed by atoms with Crippen molar-refractivity contribution in [3.63, 3.8) is 0 Å². The van der Waals surface area contributed by atoms with Crippen molar-refractivity contribution in [1.82, 2.24) is 15.5 Å². The Hall–Kier alpha value is -1.02. The number of benzene rings is 1. The second-order valence-electron chi connectivity index (χ2n) is 8.05. The van der Waals surface area contributed by atoms with E-state index in [0.29, 0.717) is 12.5 Å². The van der Waals surface area contributed by atoms with Crippen molar-refractivity contribution in [2.45, 2.75) is 47.1 Å². The fourth-order valence-electron chi connectivity index (χ4n) is 3.73. The number of hydrogen-bond acceptors (Lipinski definition) is 3. The van der Waals surface area contributed by atoms with Gasteiger partial charge in [-0.25, -0.2) is 4.99 Å². The molecule has 1 aliphatic rings. The molecule has 1 aliphatic heterocycles. The number of guanidine groups is 1. The summed E-state index contributed by atoms with van der Waals surface area (Å²) in [5, 5.41) is 6.92. The Kier molecular flexibility index (Phi) is 11.8. The predicted molar refractivity (Wildman–Crippen MR) is 130 cm³/mol. The van der Waals surface area contributed by atoms with Crippen molar-refractivity contribution in [2.24, 2.45) is 16.8 Å². The van der Waals surface area contributed by atoms with Crippen LogP contribution in [0.4, 0.5) is 0 Å². The van der Waals surface area contributed by atoms with E-state index in [1.54, 1.807) is 7.11 Å². The quantitative estimate of drug-likeness (QED) is 0.320. The highest BCUT2D eigenvalue weighted by molar-refractivity contribution is 14.0. The standard InChI is InChI=1S/C22H38N4O.HI/c1-6-23-22(25-14-20-10-9-18(4)12-21(20)27-5)24-13-19-8-7-11-26(16-19)15-17(2)3;/h9-10,12,17,19H,6-8,11,13-16H2,1-5H3,(H2,23,24,25);1H. The second kappa shape index (κ2) is 13.2. The van der Waals surface area contributed by atoms with E-state index in [1.807, 2.05) is 0 Å². The highest BCUT2D eigenvalue weighted by atomic mass is 127. The molecule has 0 radical (unpaired) electrons. The zero-order chi connectivity index (χ0) is 19.6. The molecule has 1 saturated heterocycles. The minimum Gasteiger partial charge on any atom is -0.496 e. The van der Waals surface area contributed by atoms with Crippen molar-refractivity contribution in [3.05, 3.63) is 29.3 Å². The van der Waals surface area contributed by atoms with Crippen LogP contribution in [0.1, 0.15) is 44.7 Å². The van der Waals surface area contributed by atoms with Gasteiger partial charge in [-0.1, -0.05) is 26.0 Å². The number of aliphatic imine (C=N–C) groups is 1. The first-order valence-electron chi connectivity index (χ1n) is 10.4. The Morgan fingerprint density at radius 1 is 1.32 bits per heavy atom. The number of piperidine rings is 1. The third-order valence-electron chi connectivity index (χ3n) is 4.98. The smallest absolute Gasteiger partial charge is 0.191 e. The first-order valence-corrected chi connectivity index (χ1v) is 10.4. The summed E-state index contributed by atoms with van der Waals surface area (Å²) in [6, 6.07) is 6.28. The van der Waals surface area contributed by atoms with Crippen molar-refractivity contribution in [3.8, 4) is 5.75 Å². The SMILES string of the molecule is CCNC(=NCc1ccc(C)cc1OC)NCC1CCCN(CC(C)C)C1.I. The second-order valence-corrected chi connectivity index (χ2v) is 8.05. The Labute approximate surface area is 188 Å². The molecule has 1 aromatic rings. The number of rotatable bonds is 8. The molecule has 28 heavy (non-hydrogen) atoms. The maximum Gasteiger partial charge on any atom is 0.191 e. The van der Waals surface area contributed by atoms with E-state index in [1.165, 1.54) is 38.0 Å². The molecule has 2 rings (SSSR count).